The van der Waals surface area contributed by atoms with Gasteiger partial charge >= 0.3 is 5.76 Å². The van der Waals surface area contributed by atoms with Gasteiger partial charge in [-0.3, -0.25) is 4.79 Å². The number of carbonyl (C=O) groups is 1. The van der Waals surface area contributed by atoms with Gasteiger partial charge < -0.3 is 29.8 Å². The summed E-state index contributed by atoms with van der Waals surface area (Å²) in [6.07, 6.45) is -5.14. The van der Waals surface area contributed by atoms with E-state index in [2.05, 4.69) is 5.32 Å². The smallest absolute Gasteiger partial charge is 0.408 e. The van der Waals surface area contributed by atoms with Crippen LogP contribution in [-0.4, -0.2) is 56.8 Å². The van der Waals surface area contributed by atoms with Crippen molar-refractivity contribution in [3.63, 3.8) is 0 Å². The molecule has 9 nitrogen and oxygen atoms in total. The van der Waals surface area contributed by atoms with Gasteiger partial charge in [0.1, 0.15) is 24.4 Å². The first-order chi connectivity index (χ1) is 11.8. The van der Waals surface area contributed by atoms with Crippen molar-refractivity contribution in [1.29, 1.82) is 0 Å². The second kappa shape index (κ2) is 6.60. The minimum Gasteiger partial charge on any atom is -0.408 e. The van der Waals surface area contributed by atoms with Crippen molar-refractivity contribution in [2.24, 2.45) is 0 Å². The fourth-order valence-corrected chi connectivity index (χ4v) is 3.09. The molecule has 1 saturated heterocycles. The topological polar surface area (TPSA) is 134 Å². The summed E-state index contributed by atoms with van der Waals surface area (Å²) < 4.78 is 12.0. The number of carbonyl (C=O) groups excluding carboxylic acids is 1. The van der Waals surface area contributed by atoms with E-state index in [1.54, 1.807) is 18.2 Å². The number of aryl methyl sites for hydroxylation is 1. The average molecular weight is 352 g/mol. The van der Waals surface area contributed by atoms with Crippen molar-refractivity contribution < 1.29 is 29.3 Å². The molecule has 5 atom stereocenters. The maximum absolute atomic E-state index is 12.4. The summed E-state index contributed by atoms with van der Waals surface area (Å²) in [5, 5.41) is 32.3. The van der Waals surface area contributed by atoms with E-state index in [0.29, 0.717) is 11.1 Å². The molecule has 4 N–H and O–H groups in total. The van der Waals surface area contributed by atoms with Gasteiger partial charge in [-0.15, -0.1) is 0 Å². The van der Waals surface area contributed by atoms with Crippen LogP contribution in [-0.2, 0) is 9.53 Å². The first kappa shape index (κ1) is 17.6. The maximum atomic E-state index is 12.4. The molecule has 0 radical (unpaired) electrons. The SMILES string of the molecule is CC(=O)N[C@@H]1[C@H](O)[C@@H](O)[C@@H](CO)O[C@@H]1n1c(=O)oc2ccc(C)cc21. The van der Waals surface area contributed by atoms with Gasteiger partial charge in [0.25, 0.3) is 0 Å². The zero-order valence-electron chi connectivity index (χ0n) is 13.7. The lowest BCUT2D eigenvalue weighted by atomic mass is 9.95. The summed E-state index contributed by atoms with van der Waals surface area (Å²) in [4.78, 5) is 23.9. The number of fused-ring (bicyclic) bond motifs is 1. The summed E-state index contributed by atoms with van der Waals surface area (Å²) in [6, 6.07) is 4.01. The molecule has 1 fully saturated rings. The predicted molar refractivity (Wildman–Crippen MR) is 85.8 cm³/mol. The second-order valence-corrected chi connectivity index (χ2v) is 6.16. The summed E-state index contributed by atoms with van der Waals surface area (Å²) in [5.74, 6) is -1.20. The lowest BCUT2D eigenvalue weighted by molar-refractivity contribution is -0.216. The number of oxazole rings is 1. The Morgan fingerprint density at radius 2 is 2.04 bits per heavy atom. The van der Waals surface area contributed by atoms with Gasteiger partial charge in [-0.05, 0) is 24.6 Å². The maximum Gasteiger partial charge on any atom is 0.422 e. The Labute approximate surface area is 142 Å². The molecule has 3 rings (SSSR count). The molecule has 0 unspecified atom stereocenters. The Kier molecular flexibility index (Phi) is 4.65. The zero-order valence-corrected chi connectivity index (χ0v) is 13.7. The van der Waals surface area contributed by atoms with E-state index >= 15 is 0 Å². The molecule has 9 heteroatoms. The molecule has 136 valence electrons. The largest absolute Gasteiger partial charge is 0.422 e. The molecule has 1 amide bonds. The van der Waals surface area contributed by atoms with Gasteiger partial charge in [0, 0.05) is 6.92 Å². The van der Waals surface area contributed by atoms with Gasteiger partial charge in [0.05, 0.1) is 12.1 Å². The van der Waals surface area contributed by atoms with Crippen LogP contribution in [0.25, 0.3) is 11.1 Å². The van der Waals surface area contributed by atoms with E-state index in [4.69, 9.17) is 9.15 Å². The number of rotatable bonds is 3. The van der Waals surface area contributed by atoms with Crippen molar-refractivity contribution in [2.45, 2.75) is 44.4 Å². The fourth-order valence-electron chi connectivity index (χ4n) is 3.09. The molecule has 2 aromatic rings. The monoisotopic (exact) mass is 352 g/mol. The number of nitrogens with zero attached hydrogens (tertiary/aromatic N) is 1. The molecule has 0 saturated carbocycles. The molecular formula is C16H20N2O7. The van der Waals surface area contributed by atoms with Crippen LogP contribution in [0.4, 0.5) is 0 Å². The van der Waals surface area contributed by atoms with Crippen molar-refractivity contribution in [2.75, 3.05) is 6.61 Å². The number of nitrogens with one attached hydrogen (secondary N) is 1. The van der Waals surface area contributed by atoms with Crippen molar-refractivity contribution in [1.82, 2.24) is 9.88 Å². The van der Waals surface area contributed by atoms with Gasteiger partial charge in [-0.1, -0.05) is 6.07 Å². The minimum atomic E-state index is -1.44. The predicted octanol–water partition coefficient (Wildman–Crippen LogP) is -0.981. The minimum absolute atomic E-state index is 0.321. The Morgan fingerprint density at radius 3 is 2.68 bits per heavy atom. The van der Waals surface area contributed by atoms with Gasteiger partial charge in [0.2, 0.25) is 5.91 Å². The third kappa shape index (κ3) is 3.07. The van der Waals surface area contributed by atoms with Crippen molar-refractivity contribution in [3.05, 3.63) is 34.3 Å². The lowest BCUT2D eigenvalue weighted by Gasteiger charge is -2.42. The average Bonchev–Trinajstić information content (AvgIpc) is 2.87. The third-order valence-electron chi connectivity index (χ3n) is 4.29. The normalized spacial score (nSPS) is 29.7. The van der Waals surface area contributed by atoms with Gasteiger partial charge in [0.15, 0.2) is 11.8 Å². The molecule has 2 heterocycles. The van der Waals surface area contributed by atoms with E-state index in [1.165, 1.54) is 11.5 Å². The number of hydrogen-bond acceptors (Lipinski definition) is 7. The van der Waals surface area contributed by atoms with Crippen LogP contribution >= 0.6 is 0 Å². The molecule has 0 aliphatic carbocycles. The number of hydrogen-bond donors (Lipinski definition) is 4. The molecule has 0 bridgehead atoms. The first-order valence-electron chi connectivity index (χ1n) is 7.84. The first-order valence-corrected chi connectivity index (χ1v) is 7.84. The molecule has 0 spiro atoms. The Hall–Kier alpha value is -2.20. The van der Waals surface area contributed by atoms with E-state index < -0.39 is 48.9 Å². The summed E-state index contributed by atoms with van der Waals surface area (Å²) in [7, 11) is 0. The highest BCUT2D eigenvalue weighted by atomic mass is 16.5. The van der Waals surface area contributed by atoms with Gasteiger partial charge in [-0.25, -0.2) is 9.36 Å². The summed E-state index contributed by atoms with van der Waals surface area (Å²) in [5.41, 5.74) is 1.61. The van der Waals surface area contributed by atoms with Crippen LogP contribution in [0.5, 0.6) is 0 Å². The highest BCUT2D eigenvalue weighted by molar-refractivity contribution is 5.75. The lowest BCUT2D eigenvalue weighted by Crippen LogP contribution is -2.62. The number of aliphatic hydroxyl groups is 3. The number of aromatic nitrogens is 1. The molecule has 25 heavy (non-hydrogen) atoms. The van der Waals surface area contributed by atoms with Crippen LogP contribution in [0.1, 0.15) is 18.7 Å². The highest BCUT2D eigenvalue weighted by Crippen LogP contribution is 2.30. The van der Waals surface area contributed by atoms with Crippen LogP contribution in [0.3, 0.4) is 0 Å². The van der Waals surface area contributed by atoms with Crippen LogP contribution < -0.4 is 11.1 Å². The summed E-state index contributed by atoms with van der Waals surface area (Å²) in [6.45, 7) is 2.52. The Morgan fingerprint density at radius 1 is 1.32 bits per heavy atom. The Bertz CT molecular complexity index is 843. The quantitative estimate of drug-likeness (QED) is 0.558. The third-order valence-corrected chi connectivity index (χ3v) is 4.29. The zero-order chi connectivity index (χ0) is 18.3. The van der Waals surface area contributed by atoms with E-state index in [-0.39, 0.29) is 0 Å². The van der Waals surface area contributed by atoms with E-state index in [9.17, 15) is 24.9 Å². The van der Waals surface area contributed by atoms with Crippen molar-refractivity contribution >= 4 is 17.0 Å². The van der Waals surface area contributed by atoms with E-state index in [0.717, 1.165) is 5.56 Å². The molecule has 1 aliphatic rings. The molecule has 1 aromatic heterocycles. The molecule has 1 aromatic carbocycles. The highest BCUT2D eigenvalue weighted by Gasteiger charge is 2.46. The van der Waals surface area contributed by atoms with Crippen LogP contribution in [0, 0.1) is 6.92 Å². The Balaban J connectivity index is 2.14. The van der Waals surface area contributed by atoms with Crippen LogP contribution in [0.2, 0.25) is 0 Å². The number of benzene rings is 1. The molecular weight excluding hydrogens is 332 g/mol. The van der Waals surface area contributed by atoms with Gasteiger partial charge in [-0.2, -0.15) is 0 Å². The van der Waals surface area contributed by atoms with E-state index in [1.807, 2.05) is 6.92 Å². The van der Waals surface area contributed by atoms with Crippen LogP contribution in [0.15, 0.2) is 27.4 Å². The summed E-state index contributed by atoms with van der Waals surface area (Å²) >= 11 is 0. The number of aliphatic hydroxyl groups excluding tert-OH is 3. The second-order valence-electron chi connectivity index (χ2n) is 6.16. The number of ether oxygens (including phenoxy) is 1. The van der Waals surface area contributed by atoms with Crippen molar-refractivity contribution in [3.8, 4) is 0 Å². The standard InChI is InChI=1S/C16H20N2O7/c1-7-3-4-10-9(5-7)18(16(23)25-10)15-12(17-8(2)20)14(22)13(21)11(6-19)24-15/h3-5,11-15,19,21-22H,6H2,1-2H3,(H,17,20)/t11-,12-,13+,14+,15+/m1/s1. The molecule has 1 aliphatic heterocycles. The number of amides is 1. The fraction of sp³-hybridized carbons (Fsp3) is 0.500.